The molecule has 158 valence electrons. The lowest BCUT2D eigenvalue weighted by Crippen LogP contribution is -2.52. The maximum Gasteiger partial charge on any atom is 0.126 e. The van der Waals surface area contributed by atoms with Gasteiger partial charge in [-0.3, -0.25) is 0 Å². The number of fused-ring (bicyclic) bond motifs is 5. The van der Waals surface area contributed by atoms with Crippen molar-refractivity contribution in [2.75, 3.05) is 0 Å². The van der Waals surface area contributed by atoms with E-state index in [1.807, 2.05) is 6.92 Å². The number of aliphatic hydroxyl groups is 2. The summed E-state index contributed by atoms with van der Waals surface area (Å²) in [5, 5.41) is 21.5. The number of rotatable bonds is 2. The monoisotopic (exact) mass is 394 g/mol. The molecule has 0 aromatic heterocycles. The van der Waals surface area contributed by atoms with Crippen LogP contribution in [0.3, 0.4) is 0 Å². The van der Waals surface area contributed by atoms with Gasteiger partial charge in [-0.25, -0.2) is 0 Å². The number of hydrogen-bond acceptors (Lipinski definition) is 2. The summed E-state index contributed by atoms with van der Waals surface area (Å²) >= 11 is 0. The van der Waals surface area contributed by atoms with E-state index < -0.39 is 5.60 Å². The molecule has 0 aliphatic heterocycles. The maximum atomic E-state index is 11.3. The van der Waals surface area contributed by atoms with Crippen LogP contribution in [0.25, 0.3) is 0 Å². The van der Waals surface area contributed by atoms with Gasteiger partial charge >= 0.3 is 0 Å². The predicted molar refractivity (Wildman–Crippen MR) is 118 cm³/mol. The highest BCUT2D eigenvalue weighted by Crippen LogP contribution is 2.67. The standard InChI is InChI=1S/C27H38O2/c1-5-6-7-8-15-27(4,29)24-12-11-22-21-10-9-19-18-20(28)13-16-25(19,2)23(21)14-17-26(22,24)3/h1,9,20-24,28-29H,6-7,10-14,16-18H2,2-4H3/t20?,21-,22-,23-,24-,25-,26-,27?/m0/s1. The normalized spacial score (nSPS) is 45.4. The zero-order valence-corrected chi connectivity index (χ0v) is 18.5. The van der Waals surface area contributed by atoms with Gasteiger partial charge in [-0.1, -0.05) is 37.3 Å². The van der Waals surface area contributed by atoms with E-state index >= 15 is 0 Å². The first-order chi connectivity index (χ1) is 13.7. The van der Waals surface area contributed by atoms with Crippen molar-refractivity contribution in [3.05, 3.63) is 11.6 Å². The third-order valence-corrected chi connectivity index (χ3v) is 9.49. The van der Waals surface area contributed by atoms with Crippen LogP contribution in [-0.4, -0.2) is 21.9 Å². The molecule has 0 saturated heterocycles. The Morgan fingerprint density at radius 2 is 1.93 bits per heavy atom. The fraction of sp³-hybridized carbons (Fsp3) is 0.778. The van der Waals surface area contributed by atoms with Crippen LogP contribution in [0.2, 0.25) is 0 Å². The van der Waals surface area contributed by atoms with Crippen LogP contribution >= 0.6 is 0 Å². The van der Waals surface area contributed by atoms with Gasteiger partial charge in [-0.05, 0) is 86.9 Å². The molecule has 0 amide bonds. The van der Waals surface area contributed by atoms with Crippen molar-refractivity contribution in [1.29, 1.82) is 0 Å². The molecule has 0 spiro atoms. The van der Waals surface area contributed by atoms with Gasteiger partial charge in [-0.2, -0.15) is 0 Å². The predicted octanol–water partition coefficient (Wildman–Crippen LogP) is 5.09. The highest BCUT2D eigenvalue weighted by atomic mass is 16.3. The molecule has 0 aromatic rings. The molecule has 29 heavy (non-hydrogen) atoms. The SMILES string of the molecule is C#CCCC#CC(C)(O)[C@H]1CC[C@H]2[C@@H]3CC=C4CC(O)CC[C@]4(C)[C@H]3CC[C@]12C. The van der Waals surface area contributed by atoms with Crippen molar-refractivity contribution in [1.82, 2.24) is 0 Å². The van der Waals surface area contributed by atoms with E-state index in [2.05, 4.69) is 37.7 Å². The van der Waals surface area contributed by atoms with Crippen molar-refractivity contribution in [2.24, 2.45) is 34.5 Å². The number of allylic oxidation sites excluding steroid dienone is 1. The zero-order valence-electron chi connectivity index (χ0n) is 18.5. The van der Waals surface area contributed by atoms with Gasteiger partial charge in [0.15, 0.2) is 0 Å². The molecule has 4 aliphatic rings. The molecular formula is C27H38O2. The smallest absolute Gasteiger partial charge is 0.126 e. The summed E-state index contributed by atoms with van der Waals surface area (Å²) in [6.45, 7) is 6.85. The molecule has 2 heteroatoms. The number of hydrogen-bond donors (Lipinski definition) is 2. The average Bonchev–Trinajstić information content (AvgIpc) is 3.04. The summed E-state index contributed by atoms with van der Waals surface area (Å²) in [7, 11) is 0. The van der Waals surface area contributed by atoms with Crippen LogP contribution in [0.1, 0.15) is 85.0 Å². The Kier molecular flexibility index (Phi) is 5.42. The second-order valence-electron chi connectivity index (χ2n) is 11.0. The molecule has 2 nitrogen and oxygen atoms in total. The van der Waals surface area contributed by atoms with E-state index in [1.165, 1.54) is 24.8 Å². The van der Waals surface area contributed by atoms with Gasteiger partial charge in [0.2, 0.25) is 0 Å². The summed E-state index contributed by atoms with van der Waals surface area (Å²) < 4.78 is 0. The molecule has 3 fully saturated rings. The van der Waals surface area contributed by atoms with Crippen molar-refractivity contribution in [3.8, 4) is 24.2 Å². The Balaban J connectivity index is 1.57. The summed E-state index contributed by atoms with van der Waals surface area (Å²) in [4.78, 5) is 0. The maximum absolute atomic E-state index is 11.3. The van der Waals surface area contributed by atoms with Gasteiger partial charge in [0, 0.05) is 18.8 Å². The van der Waals surface area contributed by atoms with E-state index in [-0.39, 0.29) is 22.9 Å². The van der Waals surface area contributed by atoms with Crippen LogP contribution < -0.4 is 0 Å². The highest BCUT2D eigenvalue weighted by molar-refractivity contribution is 5.27. The van der Waals surface area contributed by atoms with Gasteiger partial charge in [0.05, 0.1) is 6.10 Å². The van der Waals surface area contributed by atoms with E-state index in [1.54, 1.807) is 0 Å². The molecule has 0 aromatic carbocycles. The van der Waals surface area contributed by atoms with Gasteiger partial charge in [0.1, 0.15) is 5.60 Å². The molecule has 0 bridgehead atoms. The lowest BCUT2D eigenvalue weighted by molar-refractivity contribution is -0.0826. The lowest BCUT2D eigenvalue weighted by atomic mass is 9.47. The molecule has 3 saturated carbocycles. The Bertz CT molecular complexity index is 775. The second kappa shape index (κ2) is 7.48. The van der Waals surface area contributed by atoms with E-state index in [0.717, 1.165) is 38.0 Å². The Labute approximate surface area is 177 Å². The quantitative estimate of drug-likeness (QED) is 0.389. The first-order valence-electron chi connectivity index (χ1n) is 11.8. The topological polar surface area (TPSA) is 40.5 Å². The number of terminal acetylenes is 1. The van der Waals surface area contributed by atoms with Crippen LogP contribution in [0.5, 0.6) is 0 Å². The van der Waals surface area contributed by atoms with E-state index in [9.17, 15) is 10.2 Å². The van der Waals surface area contributed by atoms with Crippen molar-refractivity contribution in [2.45, 2.75) is 96.7 Å². The minimum absolute atomic E-state index is 0.140. The van der Waals surface area contributed by atoms with Crippen molar-refractivity contribution >= 4 is 0 Å². The van der Waals surface area contributed by atoms with E-state index in [4.69, 9.17) is 6.42 Å². The fourth-order valence-electron chi connectivity index (χ4n) is 8.03. The summed E-state index contributed by atoms with van der Waals surface area (Å²) in [5.74, 6) is 11.3. The Morgan fingerprint density at radius 1 is 1.14 bits per heavy atom. The Hall–Kier alpha value is -1.22. The molecule has 2 unspecified atom stereocenters. The summed E-state index contributed by atoms with van der Waals surface area (Å²) in [5.41, 5.74) is 1.04. The largest absolute Gasteiger partial charge is 0.393 e. The minimum Gasteiger partial charge on any atom is -0.393 e. The minimum atomic E-state index is -0.931. The van der Waals surface area contributed by atoms with Crippen LogP contribution in [0.15, 0.2) is 11.6 Å². The third-order valence-electron chi connectivity index (χ3n) is 9.49. The first kappa shape index (κ1) is 21.0. The zero-order chi connectivity index (χ0) is 20.9. The Morgan fingerprint density at radius 3 is 2.69 bits per heavy atom. The van der Waals surface area contributed by atoms with E-state index in [0.29, 0.717) is 24.7 Å². The van der Waals surface area contributed by atoms with Gasteiger partial charge < -0.3 is 10.2 Å². The molecule has 8 atom stereocenters. The third kappa shape index (κ3) is 3.38. The van der Waals surface area contributed by atoms with Crippen molar-refractivity contribution in [3.63, 3.8) is 0 Å². The number of unbranched alkanes of at least 4 members (excludes halogenated alkanes) is 1. The molecule has 2 N–H and O–H groups in total. The molecule has 4 aliphatic carbocycles. The van der Waals surface area contributed by atoms with Crippen LogP contribution in [0.4, 0.5) is 0 Å². The molecule has 4 rings (SSSR count). The fourth-order valence-corrected chi connectivity index (χ4v) is 8.03. The highest BCUT2D eigenvalue weighted by Gasteiger charge is 2.61. The number of aliphatic hydroxyl groups excluding tert-OH is 1. The molecular weight excluding hydrogens is 356 g/mol. The second-order valence-corrected chi connectivity index (χ2v) is 11.0. The van der Waals surface area contributed by atoms with Crippen LogP contribution in [0, 0.1) is 58.7 Å². The van der Waals surface area contributed by atoms with Gasteiger partial charge in [0.25, 0.3) is 0 Å². The van der Waals surface area contributed by atoms with Crippen molar-refractivity contribution < 1.29 is 10.2 Å². The first-order valence-corrected chi connectivity index (χ1v) is 11.8. The molecule has 0 radical (unpaired) electrons. The lowest BCUT2D eigenvalue weighted by Gasteiger charge is -2.58. The summed E-state index contributed by atoms with van der Waals surface area (Å²) in [6, 6.07) is 0. The molecule has 0 heterocycles. The van der Waals surface area contributed by atoms with Gasteiger partial charge in [-0.15, -0.1) is 12.3 Å². The van der Waals surface area contributed by atoms with Crippen LogP contribution in [-0.2, 0) is 0 Å². The average molecular weight is 395 g/mol. The summed E-state index contributed by atoms with van der Waals surface area (Å²) in [6.07, 6.45) is 17.9.